The van der Waals surface area contributed by atoms with Gasteiger partial charge >= 0.3 is 0 Å². The molecule has 0 N–H and O–H groups in total. The van der Waals surface area contributed by atoms with E-state index in [1.54, 1.807) is 49.4 Å². The summed E-state index contributed by atoms with van der Waals surface area (Å²) >= 11 is 0. The monoisotopic (exact) mass is 376 g/mol. The van der Waals surface area contributed by atoms with Crippen molar-refractivity contribution >= 4 is 21.6 Å². The van der Waals surface area contributed by atoms with E-state index < -0.39 is 10.0 Å². The van der Waals surface area contributed by atoms with Crippen LogP contribution in [0.1, 0.15) is 12.0 Å². The number of rotatable bonds is 7. The van der Waals surface area contributed by atoms with E-state index in [-0.39, 0.29) is 10.8 Å². The number of sulfonamides is 1. The quantitative estimate of drug-likeness (QED) is 0.745. The maximum Gasteiger partial charge on any atom is 0.242 e. The molecule has 0 fully saturated rings. The van der Waals surface area contributed by atoms with Gasteiger partial charge in [-0.25, -0.2) is 12.7 Å². The largest absolute Gasteiger partial charge is 0.497 e. The number of hydrogen-bond acceptors (Lipinski definition) is 4. The number of benzene rings is 2. The van der Waals surface area contributed by atoms with Gasteiger partial charge in [-0.15, -0.1) is 0 Å². The van der Waals surface area contributed by atoms with E-state index in [0.29, 0.717) is 18.6 Å². The lowest BCUT2D eigenvalue weighted by Gasteiger charge is -2.18. The first-order valence-corrected chi connectivity index (χ1v) is 9.62. The van der Waals surface area contributed by atoms with Gasteiger partial charge in [0, 0.05) is 39.3 Å². The molecule has 0 unspecified atom stereocenters. The van der Waals surface area contributed by atoms with E-state index in [1.807, 2.05) is 18.2 Å². The lowest BCUT2D eigenvalue weighted by molar-refractivity contribution is -0.118. The second-order valence-corrected chi connectivity index (χ2v) is 8.24. The highest BCUT2D eigenvalue weighted by molar-refractivity contribution is 7.89. The Morgan fingerprint density at radius 3 is 2.27 bits per heavy atom. The van der Waals surface area contributed by atoms with Gasteiger partial charge < -0.3 is 9.64 Å². The first-order chi connectivity index (χ1) is 12.3. The number of carbonyl (C=O) groups is 1. The molecule has 7 heteroatoms. The summed E-state index contributed by atoms with van der Waals surface area (Å²) in [4.78, 5) is 14.2. The molecule has 0 aliphatic heterocycles. The van der Waals surface area contributed by atoms with Crippen LogP contribution >= 0.6 is 0 Å². The lowest BCUT2D eigenvalue weighted by atomic mass is 10.1. The standard InChI is InChI=1S/C19H24N2O4S/c1-20(2)26(23,24)18-11-8-15(9-12-18)10-13-19(22)21(3)16-6-5-7-17(14-16)25-4/h5-9,11-12,14H,10,13H2,1-4H3. The maximum atomic E-state index is 12.4. The Balaban J connectivity index is 2.00. The molecule has 2 aromatic rings. The third kappa shape index (κ3) is 4.62. The number of amides is 1. The fourth-order valence-corrected chi connectivity index (χ4v) is 3.32. The van der Waals surface area contributed by atoms with Crippen molar-refractivity contribution in [3.05, 3.63) is 54.1 Å². The van der Waals surface area contributed by atoms with Gasteiger partial charge in [-0.1, -0.05) is 18.2 Å². The number of ether oxygens (including phenoxy) is 1. The Labute approximate surface area is 155 Å². The molecular formula is C19H24N2O4S. The van der Waals surface area contributed by atoms with Crippen LogP contribution < -0.4 is 9.64 Å². The molecule has 0 aromatic heterocycles. The summed E-state index contributed by atoms with van der Waals surface area (Å²) in [6.45, 7) is 0. The molecule has 0 saturated heterocycles. The predicted octanol–water partition coefficient (Wildman–Crippen LogP) is 2.54. The molecule has 0 saturated carbocycles. The Bertz CT molecular complexity index is 861. The van der Waals surface area contributed by atoms with Crippen LogP contribution in [-0.2, 0) is 21.2 Å². The fraction of sp³-hybridized carbons (Fsp3) is 0.316. The minimum Gasteiger partial charge on any atom is -0.497 e. The molecule has 0 aliphatic carbocycles. The van der Waals surface area contributed by atoms with Crippen molar-refractivity contribution in [2.24, 2.45) is 0 Å². The van der Waals surface area contributed by atoms with Crippen LogP contribution in [0, 0.1) is 0 Å². The summed E-state index contributed by atoms with van der Waals surface area (Å²) in [5, 5.41) is 0. The van der Waals surface area contributed by atoms with Crippen molar-refractivity contribution in [2.75, 3.05) is 33.2 Å². The van der Waals surface area contributed by atoms with Gasteiger partial charge in [0.15, 0.2) is 0 Å². The second kappa shape index (κ2) is 8.33. The normalized spacial score (nSPS) is 11.4. The molecule has 140 valence electrons. The second-order valence-electron chi connectivity index (χ2n) is 6.09. The SMILES string of the molecule is COc1cccc(N(C)C(=O)CCc2ccc(S(=O)(=O)N(C)C)cc2)c1. The number of methoxy groups -OCH3 is 1. The zero-order chi connectivity index (χ0) is 19.3. The molecule has 26 heavy (non-hydrogen) atoms. The zero-order valence-electron chi connectivity index (χ0n) is 15.5. The minimum atomic E-state index is -3.43. The lowest BCUT2D eigenvalue weighted by Crippen LogP contribution is -2.26. The Morgan fingerprint density at radius 2 is 1.69 bits per heavy atom. The third-order valence-electron chi connectivity index (χ3n) is 4.14. The van der Waals surface area contributed by atoms with Gasteiger partial charge in [-0.05, 0) is 36.2 Å². The molecule has 0 atom stereocenters. The minimum absolute atomic E-state index is 0.0248. The topological polar surface area (TPSA) is 66.9 Å². The van der Waals surface area contributed by atoms with Crippen molar-refractivity contribution in [3.8, 4) is 5.75 Å². The number of carbonyl (C=O) groups excluding carboxylic acids is 1. The summed E-state index contributed by atoms with van der Waals surface area (Å²) in [6.07, 6.45) is 0.864. The summed E-state index contributed by atoms with van der Waals surface area (Å²) in [5.74, 6) is 0.670. The van der Waals surface area contributed by atoms with Crippen LogP contribution in [0.15, 0.2) is 53.4 Å². The maximum absolute atomic E-state index is 12.4. The molecule has 0 aliphatic rings. The van der Waals surface area contributed by atoms with Crippen molar-refractivity contribution in [1.29, 1.82) is 0 Å². The summed E-state index contributed by atoms with van der Waals surface area (Å²) in [6, 6.07) is 13.9. The highest BCUT2D eigenvalue weighted by atomic mass is 32.2. The summed E-state index contributed by atoms with van der Waals surface area (Å²) in [5.41, 5.74) is 1.68. The van der Waals surface area contributed by atoms with Crippen molar-refractivity contribution in [2.45, 2.75) is 17.7 Å². The van der Waals surface area contributed by atoms with Crippen LogP contribution in [0.2, 0.25) is 0 Å². The number of aryl methyl sites for hydroxylation is 1. The van der Waals surface area contributed by atoms with Crippen LogP contribution in [0.5, 0.6) is 5.75 Å². The summed E-state index contributed by atoms with van der Waals surface area (Å²) in [7, 11) is 2.87. The van der Waals surface area contributed by atoms with Gasteiger partial charge in [0.25, 0.3) is 0 Å². The first-order valence-electron chi connectivity index (χ1n) is 8.18. The fourth-order valence-electron chi connectivity index (χ4n) is 2.42. The molecule has 0 bridgehead atoms. The van der Waals surface area contributed by atoms with Crippen LogP contribution in [-0.4, -0.2) is 46.9 Å². The molecule has 0 spiro atoms. The van der Waals surface area contributed by atoms with E-state index in [1.165, 1.54) is 18.4 Å². The van der Waals surface area contributed by atoms with E-state index in [9.17, 15) is 13.2 Å². The predicted molar refractivity (Wildman–Crippen MR) is 102 cm³/mol. The van der Waals surface area contributed by atoms with E-state index in [2.05, 4.69) is 0 Å². The summed E-state index contributed by atoms with van der Waals surface area (Å²) < 4.78 is 30.5. The Hall–Kier alpha value is -2.38. The van der Waals surface area contributed by atoms with Crippen LogP contribution in [0.4, 0.5) is 5.69 Å². The molecule has 6 nitrogen and oxygen atoms in total. The molecule has 2 rings (SSSR count). The van der Waals surface area contributed by atoms with E-state index >= 15 is 0 Å². The Kier molecular flexibility index (Phi) is 6.39. The highest BCUT2D eigenvalue weighted by Crippen LogP contribution is 2.21. The molecule has 0 radical (unpaired) electrons. The van der Waals surface area contributed by atoms with Gasteiger partial charge in [0.2, 0.25) is 15.9 Å². The highest BCUT2D eigenvalue weighted by Gasteiger charge is 2.17. The van der Waals surface area contributed by atoms with Gasteiger partial charge in [0.05, 0.1) is 12.0 Å². The number of hydrogen-bond donors (Lipinski definition) is 0. The van der Waals surface area contributed by atoms with Crippen LogP contribution in [0.3, 0.4) is 0 Å². The average Bonchev–Trinajstić information content (AvgIpc) is 2.65. The molecular weight excluding hydrogens is 352 g/mol. The van der Waals surface area contributed by atoms with Gasteiger partial charge in [0.1, 0.15) is 5.75 Å². The number of nitrogens with zero attached hydrogens (tertiary/aromatic N) is 2. The van der Waals surface area contributed by atoms with Crippen LogP contribution in [0.25, 0.3) is 0 Å². The smallest absolute Gasteiger partial charge is 0.242 e. The van der Waals surface area contributed by atoms with Crippen molar-refractivity contribution in [3.63, 3.8) is 0 Å². The third-order valence-corrected chi connectivity index (χ3v) is 5.97. The number of anilines is 1. The molecule has 0 heterocycles. The average molecular weight is 376 g/mol. The van der Waals surface area contributed by atoms with E-state index in [4.69, 9.17) is 4.74 Å². The zero-order valence-corrected chi connectivity index (χ0v) is 16.3. The molecule has 1 amide bonds. The van der Waals surface area contributed by atoms with E-state index in [0.717, 1.165) is 11.3 Å². The molecule has 2 aromatic carbocycles. The van der Waals surface area contributed by atoms with Crippen molar-refractivity contribution in [1.82, 2.24) is 4.31 Å². The van der Waals surface area contributed by atoms with Gasteiger partial charge in [-0.3, -0.25) is 4.79 Å². The first kappa shape index (κ1) is 19.9. The van der Waals surface area contributed by atoms with Gasteiger partial charge in [-0.2, -0.15) is 0 Å². The Morgan fingerprint density at radius 1 is 1.04 bits per heavy atom. The van der Waals surface area contributed by atoms with Crippen molar-refractivity contribution < 1.29 is 17.9 Å².